The molecule has 5 rings (SSSR count). The van der Waals surface area contributed by atoms with Gasteiger partial charge in [-0.05, 0) is 68.7 Å². The van der Waals surface area contributed by atoms with E-state index in [-0.39, 0.29) is 0 Å². The molecule has 0 unspecified atom stereocenters. The third kappa shape index (κ3) is 4.49. The van der Waals surface area contributed by atoms with Gasteiger partial charge in [0.15, 0.2) is 0 Å². The maximum Gasteiger partial charge on any atom is 0.223 e. The Kier molecular flexibility index (Phi) is 6.10. The molecule has 2 aromatic carbocycles. The van der Waals surface area contributed by atoms with Gasteiger partial charge >= 0.3 is 0 Å². The third-order valence-corrected chi connectivity index (χ3v) is 6.60. The molecule has 0 saturated carbocycles. The highest BCUT2D eigenvalue weighted by molar-refractivity contribution is 5.98. The first-order chi connectivity index (χ1) is 15.7. The van der Waals surface area contributed by atoms with Gasteiger partial charge in [0.05, 0.1) is 12.8 Å². The zero-order chi connectivity index (χ0) is 21.9. The highest BCUT2D eigenvalue weighted by atomic mass is 16.5. The number of aromatic nitrogens is 2. The van der Waals surface area contributed by atoms with Gasteiger partial charge in [-0.15, -0.1) is 0 Å². The Morgan fingerprint density at radius 2 is 1.84 bits per heavy atom. The summed E-state index contributed by atoms with van der Waals surface area (Å²) in [4.78, 5) is 14.2. The summed E-state index contributed by atoms with van der Waals surface area (Å²) in [6.07, 6.45) is 4.10. The van der Waals surface area contributed by atoms with Crippen molar-refractivity contribution in [2.45, 2.75) is 18.9 Å². The van der Waals surface area contributed by atoms with E-state index in [1.54, 1.807) is 7.11 Å². The highest BCUT2D eigenvalue weighted by Crippen LogP contribution is 2.35. The Morgan fingerprint density at radius 3 is 2.62 bits per heavy atom. The van der Waals surface area contributed by atoms with Crippen LogP contribution >= 0.6 is 0 Å². The van der Waals surface area contributed by atoms with Gasteiger partial charge in [0.2, 0.25) is 5.95 Å². The quantitative estimate of drug-likeness (QED) is 0.642. The molecular formula is C25H32N6O. The van der Waals surface area contributed by atoms with E-state index in [0.717, 1.165) is 75.1 Å². The number of hydrogen-bond donors (Lipinski definition) is 2. The molecule has 32 heavy (non-hydrogen) atoms. The van der Waals surface area contributed by atoms with E-state index >= 15 is 0 Å². The van der Waals surface area contributed by atoms with Crippen molar-refractivity contribution in [1.82, 2.24) is 20.2 Å². The fourth-order valence-corrected chi connectivity index (χ4v) is 4.68. The lowest BCUT2D eigenvalue weighted by Gasteiger charge is -2.31. The van der Waals surface area contributed by atoms with E-state index in [1.165, 1.54) is 16.5 Å². The molecule has 0 bridgehead atoms. The maximum atomic E-state index is 5.51. The first-order valence-corrected chi connectivity index (χ1v) is 11.6. The van der Waals surface area contributed by atoms with E-state index in [1.807, 2.05) is 18.3 Å². The maximum absolute atomic E-state index is 5.51. The second kappa shape index (κ2) is 9.30. The van der Waals surface area contributed by atoms with E-state index in [2.05, 4.69) is 56.7 Å². The van der Waals surface area contributed by atoms with Crippen LogP contribution in [0.15, 0.2) is 42.6 Å². The molecule has 1 aromatic heterocycles. The van der Waals surface area contributed by atoms with Crippen LogP contribution in [-0.2, 0) is 0 Å². The van der Waals surface area contributed by atoms with Gasteiger partial charge in [-0.25, -0.2) is 9.97 Å². The third-order valence-electron chi connectivity index (χ3n) is 6.60. The summed E-state index contributed by atoms with van der Waals surface area (Å²) >= 11 is 0. The lowest BCUT2D eigenvalue weighted by atomic mass is 10.0. The zero-order valence-electron chi connectivity index (χ0n) is 19.0. The van der Waals surface area contributed by atoms with E-state index in [0.29, 0.717) is 6.04 Å². The molecule has 3 aromatic rings. The molecule has 0 spiro atoms. The number of nitrogens with one attached hydrogen (secondary N) is 2. The first kappa shape index (κ1) is 21.0. The Balaban J connectivity index is 1.49. The zero-order valence-corrected chi connectivity index (χ0v) is 19.0. The number of methoxy groups -OCH3 is 1. The molecule has 2 saturated heterocycles. The molecule has 168 valence electrons. The van der Waals surface area contributed by atoms with Gasteiger partial charge in [-0.1, -0.05) is 6.07 Å². The standard InChI is InChI=1S/C25H32N6O/c1-30-11-6-20(7-12-30)28-25-27-8-5-23(29-25)19-15-18-3-4-21(32-2)17-22(18)24(16-19)31-13-9-26-10-14-31/h3-5,8,15-17,20,26H,6-7,9-14H2,1-2H3,(H,27,28,29). The topological polar surface area (TPSA) is 65.5 Å². The molecule has 0 amide bonds. The molecule has 0 aliphatic carbocycles. The van der Waals surface area contributed by atoms with Crippen LogP contribution in [0.3, 0.4) is 0 Å². The van der Waals surface area contributed by atoms with Crippen LogP contribution in [0.5, 0.6) is 5.75 Å². The molecule has 7 nitrogen and oxygen atoms in total. The monoisotopic (exact) mass is 432 g/mol. The number of piperidine rings is 1. The predicted molar refractivity (Wildman–Crippen MR) is 131 cm³/mol. The predicted octanol–water partition coefficient (Wildman–Crippen LogP) is 3.22. The van der Waals surface area contributed by atoms with Crippen LogP contribution in [0.4, 0.5) is 11.6 Å². The highest BCUT2D eigenvalue weighted by Gasteiger charge is 2.19. The van der Waals surface area contributed by atoms with E-state index in [4.69, 9.17) is 9.72 Å². The second-order valence-electron chi connectivity index (χ2n) is 8.81. The summed E-state index contributed by atoms with van der Waals surface area (Å²) in [6.45, 7) is 6.19. The summed E-state index contributed by atoms with van der Waals surface area (Å²) in [5, 5.41) is 9.42. The summed E-state index contributed by atoms with van der Waals surface area (Å²) in [5.41, 5.74) is 3.30. The lowest BCUT2D eigenvalue weighted by Crippen LogP contribution is -2.43. The Labute approximate surface area is 189 Å². The molecule has 2 aliphatic heterocycles. The van der Waals surface area contributed by atoms with Gasteiger partial charge < -0.3 is 25.2 Å². The van der Waals surface area contributed by atoms with Crippen LogP contribution in [0.2, 0.25) is 0 Å². The molecule has 7 heteroatoms. The Hall–Kier alpha value is -2.90. The average molecular weight is 433 g/mol. The molecule has 0 radical (unpaired) electrons. The van der Waals surface area contributed by atoms with Crippen molar-refractivity contribution < 1.29 is 4.74 Å². The lowest BCUT2D eigenvalue weighted by molar-refractivity contribution is 0.263. The minimum atomic E-state index is 0.432. The minimum absolute atomic E-state index is 0.432. The molecule has 2 fully saturated rings. The second-order valence-corrected chi connectivity index (χ2v) is 8.81. The molecule has 3 heterocycles. The number of fused-ring (bicyclic) bond motifs is 1. The van der Waals surface area contributed by atoms with Gasteiger partial charge in [-0.3, -0.25) is 0 Å². The fourth-order valence-electron chi connectivity index (χ4n) is 4.68. The van der Waals surface area contributed by atoms with Crippen molar-refractivity contribution in [3.05, 3.63) is 42.6 Å². The summed E-state index contributed by atoms with van der Waals surface area (Å²) in [7, 11) is 3.90. The van der Waals surface area contributed by atoms with Gasteiger partial charge in [0, 0.05) is 55.1 Å². The molecular weight excluding hydrogens is 400 g/mol. The normalized spacial score (nSPS) is 18.1. The number of anilines is 2. The Morgan fingerprint density at radius 1 is 1.03 bits per heavy atom. The van der Waals surface area contributed by atoms with Crippen molar-refractivity contribution in [1.29, 1.82) is 0 Å². The number of ether oxygens (including phenoxy) is 1. The number of likely N-dealkylation sites (tertiary alicyclic amines) is 1. The molecule has 0 atom stereocenters. The molecule has 2 aliphatic rings. The number of benzene rings is 2. The van der Waals surface area contributed by atoms with Gasteiger partial charge in [0.1, 0.15) is 5.75 Å². The summed E-state index contributed by atoms with van der Waals surface area (Å²) < 4.78 is 5.51. The Bertz CT molecular complexity index is 1070. The smallest absolute Gasteiger partial charge is 0.223 e. The fraction of sp³-hybridized carbons (Fsp3) is 0.440. The van der Waals surface area contributed by atoms with Crippen LogP contribution in [0.1, 0.15) is 12.8 Å². The molecule has 2 N–H and O–H groups in total. The van der Waals surface area contributed by atoms with Crippen LogP contribution in [0, 0.1) is 0 Å². The number of nitrogens with zero attached hydrogens (tertiary/aromatic N) is 4. The minimum Gasteiger partial charge on any atom is -0.497 e. The number of hydrogen-bond acceptors (Lipinski definition) is 7. The van der Waals surface area contributed by atoms with Crippen molar-refractivity contribution in [3.63, 3.8) is 0 Å². The average Bonchev–Trinajstić information content (AvgIpc) is 2.85. The van der Waals surface area contributed by atoms with Crippen LogP contribution < -0.4 is 20.3 Å². The largest absolute Gasteiger partial charge is 0.497 e. The van der Waals surface area contributed by atoms with Crippen molar-refractivity contribution >= 4 is 22.4 Å². The van der Waals surface area contributed by atoms with Gasteiger partial charge in [-0.2, -0.15) is 0 Å². The van der Waals surface area contributed by atoms with Crippen molar-refractivity contribution in [2.24, 2.45) is 0 Å². The van der Waals surface area contributed by atoms with E-state index in [9.17, 15) is 0 Å². The number of rotatable bonds is 5. The van der Waals surface area contributed by atoms with Crippen LogP contribution in [-0.4, -0.2) is 74.3 Å². The van der Waals surface area contributed by atoms with Crippen LogP contribution in [0.25, 0.3) is 22.0 Å². The summed E-state index contributed by atoms with van der Waals surface area (Å²) in [6, 6.07) is 13.2. The number of piperazine rings is 1. The van der Waals surface area contributed by atoms with Gasteiger partial charge in [0.25, 0.3) is 0 Å². The van der Waals surface area contributed by atoms with Crippen molar-refractivity contribution in [2.75, 3.05) is 63.6 Å². The van der Waals surface area contributed by atoms with Crippen molar-refractivity contribution in [3.8, 4) is 17.0 Å². The first-order valence-electron chi connectivity index (χ1n) is 11.6. The SMILES string of the molecule is COc1ccc2cc(-c3ccnc(NC4CCN(C)CC4)n3)cc(N3CCNCC3)c2c1. The van der Waals surface area contributed by atoms with E-state index < -0.39 is 0 Å². The summed E-state index contributed by atoms with van der Waals surface area (Å²) in [5.74, 6) is 1.60.